The van der Waals surface area contributed by atoms with Gasteiger partial charge in [-0.25, -0.2) is 4.39 Å². The largest absolute Gasteiger partial charge is 0.355 e. The summed E-state index contributed by atoms with van der Waals surface area (Å²) >= 11 is 0. The van der Waals surface area contributed by atoms with Crippen LogP contribution in [0.2, 0.25) is 0 Å². The minimum absolute atomic E-state index is 0.228. The van der Waals surface area contributed by atoms with E-state index in [2.05, 4.69) is 10.6 Å². The molecule has 0 saturated carbocycles. The lowest BCUT2D eigenvalue weighted by atomic mass is 10.1. The van der Waals surface area contributed by atoms with Crippen LogP contribution in [0, 0.1) is 5.82 Å². The predicted molar refractivity (Wildman–Crippen MR) is 76.3 cm³/mol. The van der Waals surface area contributed by atoms with Gasteiger partial charge in [-0.05, 0) is 44.0 Å². The third kappa shape index (κ3) is 4.84. The first-order valence-electron chi connectivity index (χ1n) is 6.46. The first kappa shape index (κ1) is 15.9. The average molecular weight is 278 g/mol. The van der Waals surface area contributed by atoms with E-state index in [-0.39, 0.29) is 17.6 Å². The summed E-state index contributed by atoms with van der Waals surface area (Å²) in [6.07, 6.45) is 1.39. The smallest absolute Gasteiger partial charge is 0.244 e. The third-order valence-corrected chi connectivity index (χ3v) is 2.75. The van der Waals surface area contributed by atoms with Crippen LogP contribution in [0.3, 0.4) is 0 Å². The maximum Gasteiger partial charge on any atom is 0.244 e. The number of hydrogen-bond donors (Lipinski definition) is 2. The van der Waals surface area contributed by atoms with Crippen LogP contribution in [0.1, 0.15) is 26.3 Å². The number of amides is 2. The molecule has 0 bridgehead atoms. The van der Waals surface area contributed by atoms with Gasteiger partial charge in [-0.2, -0.15) is 0 Å². The number of carbonyl (C=O) groups excluding carboxylic acids is 2. The first-order chi connectivity index (χ1) is 9.43. The van der Waals surface area contributed by atoms with Crippen LogP contribution in [0.15, 0.2) is 30.3 Å². The van der Waals surface area contributed by atoms with Crippen molar-refractivity contribution in [1.29, 1.82) is 0 Å². The molecule has 0 fully saturated rings. The molecular formula is C15H19FN2O2. The monoisotopic (exact) mass is 278 g/mol. The second-order valence-corrected chi connectivity index (χ2v) is 4.46. The lowest BCUT2D eigenvalue weighted by molar-refractivity contribution is -0.126. The minimum atomic E-state index is -0.597. The molecule has 0 unspecified atom stereocenters. The summed E-state index contributed by atoms with van der Waals surface area (Å²) in [5.74, 6) is -0.907. The van der Waals surface area contributed by atoms with Crippen molar-refractivity contribution in [2.75, 3.05) is 6.54 Å². The zero-order valence-corrected chi connectivity index (χ0v) is 11.9. The van der Waals surface area contributed by atoms with Crippen LogP contribution in [-0.2, 0) is 9.59 Å². The number of rotatable bonds is 5. The lowest BCUT2D eigenvalue weighted by Crippen LogP contribution is -2.44. The predicted octanol–water partition coefficient (Wildman–Crippen LogP) is 1.87. The van der Waals surface area contributed by atoms with E-state index in [1.54, 1.807) is 26.0 Å². The summed E-state index contributed by atoms with van der Waals surface area (Å²) in [5, 5.41) is 5.20. The fourth-order valence-electron chi connectivity index (χ4n) is 1.64. The molecule has 1 atom stereocenters. The maximum absolute atomic E-state index is 12.8. The highest BCUT2D eigenvalue weighted by Crippen LogP contribution is 2.13. The lowest BCUT2D eigenvalue weighted by Gasteiger charge is -2.12. The second kappa shape index (κ2) is 7.43. The highest BCUT2D eigenvalue weighted by molar-refractivity contribution is 5.97. The van der Waals surface area contributed by atoms with E-state index in [1.807, 2.05) is 6.92 Å². The van der Waals surface area contributed by atoms with Crippen molar-refractivity contribution in [2.45, 2.75) is 26.8 Å². The Kier molecular flexibility index (Phi) is 5.90. The highest BCUT2D eigenvalue weighted by Gasteiger charge is 2.13. The highest BCUT2D eigenvalue weighted by atomic mass is 19.1. The van der Waals surface area contributed by atoms with E-state index in [4.69, 9.17) is 0 Å². The summed E-state index contributed by atoms with van der Waals surface area (Å²) in [4.78, 5) is 23.3. The van der Waals surface area contributed by atoms with Gasteiger partial charge in [0.25, 0.3) is 0 Å². The Bertz CT molecular complexity index is 509. The standard InChI is InChI=1S/C15H19FN2O2/c1-4-17-15(20)11(3)18-14(19)9-10(2)12-5-7-13(16)8-6-12/h5-9,11H,4H2,1-3H3,(H,17,20)(H,18,19)/b10-9+/t11-/m0/s1. The quantitative estimate of drug-likeness (QED) is 0.808. The Hall–Kier alpha value is -2.17. The third-order valence-electron chi connectivity index (χ3n) is 2.75. The van der Waals surface area contributed by atoms with E-state index in [0.717, 1.165) is 5.56 Å². The number of nitrogens with one attached hydrogen (secondary N) is 2. The molecule has 108 valence electrons. The van der Waals surface area contributed by atoms with Gasteiger partial charge in [0.15, 0.2) is 0 Å². The number of hydrogen-bond acceptors (Lipinski definition) is 2. The Morgan fingerprint density at radius 3 is 2.45 bits per heavy atom. The number of allylic oxidation sites excluding steroid dienone is 1. The molecule has 1 aromatic carbocycles. The van der Waals surface area contributed by atoms with Crippen molar-refractivity contribution < 1.29 is 14.0 Å². The Balaban J connectivity index is 2.66. The second-order valence-electron chi connectivity index (χ2n) is 4.46. The first-order valence-corrected chi connectivity index (χ1v) is 6.46. The van der Waals surface area contributed by atoms with Crippen molar-refractivity contribution in [1.82, 2.24) is 10.6 Å². The molecular weight excluding hydrogens is 259 g/mol. The van der Waals surface area contributed by atoms with Gasteiger partial charge in [0, 0.05) is 12.6 Å². The molecule has 4 nitrogen and oxygen atoms in total. The van der Waals surface area contributed by atoms with Crippen LogP contribution in [0.4, 0.5) is 4.39 Å². The number of benzene rings is 1. The molecule has 0 heterocycles. The Morgan fingerprint density at radius 1 is 1.30 bits per heavy atom. The molecule has 0 spiro atoms. The summed E-state index contributed by atoms with van der Waals surface area (Å²) in [6.45, 7) is 5.70. The number of halogens is 1. The number of likely N-dealkylation sites (N-methyl/N-ethyl adjacent to an activating group) is 1. The van der Waals surface area contributed by atoms with Crippen LogP contribution >= 0.6 is 0 Å². The van der Waals surface area contributed by atoms with Crippen LogP contribution in [0.25, 0.3) is 5.57 Å². The summed E-state index contributed by atoms with van der Waals surface area (Å²) in [7, 11) is 0. The zero-order chi connectivity index (χ0) is 15.1. The van der Waals surface area contributed by atoms with E-state index in [1.165, 1.54) is 18.2 Å². The molecule has 1 aromatic rings. The van der Waals surface area contributed by atoms with Gasteiger partial charge in [0.1, 0.15) is 11.9 Å². The average Bonchev–Trinajstić information content (AvgIpc) is 2.39. The molecule has 2 amide bonds. The Morgan fingerprint density at radius 2 is 1.90 bits per heavy atom. The SMILES string of the molecule is CCNC(=O)[C@H](C)NC(=O)/C=C(\C)c1ccc(F)cc1. The molecule has 5 heteroatoms. The van der Waals surface area contributed by atoms with Gasteiger partial charge < -0.3 is 10.6 Å². The molecule has 0 aliphatic heterocycles. The van der Waals surface area contributed by atoms with Crippen molar-refractivity contribution in [2.24, 2.45) is 0 Å². The van der Waals surface area contributed by atoms with E-state index in [0.29, 0.717) is 12.1 Å². The molecule has 2 N–H and O–H groups in total. The van der Waals surface area contributed by atoms with Gasteiger partial charge in [-0.1, -0.05) is 12.1 Å². The van der Waals surface area contributed by atoms with Crippen LogP contribution < -0.4 is 10.6 Å². The van der Waals surface area contributed by atoms with Crippen LogP contribution in [0.5, 0.6) is 0 Å². The van der Waals surface area contributed by atoms with E-state index < -0.39 is 6.04 Å². The van der Waals surface area contributed by atoms with Gasteiger partial charge in [-0.3, -0.25) is 9.59 Å². The van der Waals surface area contributed by atoms with Crippen molar-refractivity contribution in [3.63, 3.8) is 0 Å². The van der Waals surface area contributed by atoms with Gasteiger partial charge in [-0.15, -0.1) is 0 Å². The van der Waals surface area contributed by atoms with Crippen molar-refractivity contribution >= 4 is 17.4 Å². The van der Waals surface area contributed by atoms with Crippen molar-refractivity contribution in [3.05, 3.63) is 41.7 Å². The normalized spacial score (nSPS) is 12.7. The molecule has 0 aromatic heterocycles. The molecule has 0 aliphatic rings. The fraction of sp³-hybridized carbons (Fsp3) is 0.333. The van der Waals surface area contributed by atoms with E-state index >= 15 is 0 Å². The minimum Gasteiger partial charge on any atom is -0.355 e. The molecule has 0 aliphatic carbocycles. The summed E-state index contributed by atoms with van der Waals surface area (Å²) < 4.78 is 12.8. The molecule has 20 heavy (non-hydrogen) atoms. The van der Waals surface area contributed by atoms with E-state index in [9.17, 15) is 14.0 Å². The summed E-state index contributed by atoms with van der Waals surface area (Å²) in [5.41, 5.74) is 1.46. The zero-order valence-electron chi connectivity index (χ0n) is 11.9. The van der Waals surface area contributed by atoms with Gasteiger partial charge >= 0.3 is 0 Å². The van der Waals surface area contributed by atoms with Crippen molar-refractivity contribution in [3.8, 4) is 0 Å². The molecule has 1 rings (SSSR count). The van der Waals surface area contributed by atoms with Gasteiger partial charge in [0.2, 0.25) is 11.8 Å². The topological polar surface area (TPSA) is 58.2 Å². The maximum atomic E-state index is 12.8. The number of carbonyl (C=O) groups is 2. The van der Waals surface area contributed by atoms with Crippen LogP contribution in [-0.4, -0.2) is 24.4 Å². The fourth-order valence-corrected chi connectivity index (χ4v) is 1.64. The Labute approximate surface area is 118 Å². The summed E-state index contributed by atoms with van der Waals surface area (Å²) in [6, 6.07) is 5.27. The molecule has 0 radical (unpaired) electrons. The van der Waals surface area contributed by atoms with Gasteiger partial charge in [0.05, 0.1) is 0 Å². The molecule has 0 saturated heterocycles.